The molecule has 14 nitrogen and oxygen atoms in total. The number of alkyl halides is 6. The van der Waals surface area contributed by atoms with E-state index in [1.165, 1.54) is 9.80 Å². The second-order valence-electron chi connectivity index (χ2n) is 18.6. The molecule has 4 atom stereocenters. The Hall–Kier alpha value is -7.12. The highest BCUT2D eigenvalue weighted by atomic mass is 19.4. The molecule has 4 N–H and O–H groups in total. The van der Waals surface area contributed by atoms with E-state index in [4.69, 9.17) is 9.47 Å². The van der Waals surface area contributed by atoms with E-state index in [0.717, 1.165) is 14.2 Å². The van der Waals surface area contributed by atoms with Crippen LogP contribution in [0.5, 0.6) is 0 Å². The summed E-state index contributed by atoms with van der Waals surface area (Å²) in [4.78, 5) is 84.2. The van der Waals surface area contributed by atoms with Crippen molar-refractivity contribution in [2.75, 3.05) is 37.9 Å². The first-order valence-corrected chi connectivity index (χ1v) is 24.3. The Bertz CT molecular complexity index is 2460. The van der Waals surface area contributed by atoms with Gasteiger partial charge in [-0.1, -0.05) is 85.6 Å². The lowest BCUT2D eigenvalue weighted by Gasteiger charge is -2.34. The van der Waals surface area contributed by atoms with Gasteiger partial charge in [0, 0.05) is 42.7 Å². The third-order valence-electron chi connectivity index (χ3n) is 13.9. The van der Waals surface area contributed by atoms with Crippen LogP contribution in [0.3, 0.4) is 0 Å². The number of benzene rings is 4. The van der Waals surface area contributed by atoms with Crippen molar-refractivity contribution >= 4 is 47.2 Å². The number of anilines is 2. The molecular weight excluding hydrogens is 963 g/mol. The summed E-state index contributed by atoms with van der Waals surface area (Å²) in [6, 6.07) is 22.7. The van der Waals surface area contributed by atoms with Gasteiger partial charge in [0.05, 0.1) is 14.2 Å². The molecule has 0 aromatic heterocycles. The number of amides is 6. The average molecular weight is 1020 g/mol. The molecule has 6 amide bonds. The molecule has 2 heterocycles. The minimum absolute atomic E-state index is 0.0213. The summed E-state index contributed by atoms with van der Waals surface area (Å²) >= 11 is 0. The highest BCUT2D eigenvalue weighted by Crippen LogP contribution is 2.56. The Morgan fingerprint density at radius 1 is 0.575 bits per heavy atom. The largest absolute Gasteiger partial charge is 0.453 e. The van der Waals surface area contributed by atoms with Crippen molar-refractivity contribution in [2.24, 2.45) is 0 Å². The summed E-state index contributed by atoms with van der Waals surface area (Å²) in [6.45, 7) is 0.409. The molecule has 2 aliphatic heterocycles. The number of alkyl carbamates (subject to hydrolysis) is 2. The van der Waals surface area contributed by atoms with Crippen LogP contribution in [0.25, 0.3) is 11.1 Å². The summed E-state index contributed by atoms with van der Waals surface area (Å²) in [6.07, 6.45) is -11.6. The quantitative estimate of drug-likeness (QED) is 0.0563. The number of nitrogens with zero attached hydrogens (tertiary/aromatic N) is 2. The molecule has 390 valence electrons. The summed E-state index contributed by atoms with van der Waals surface area (Å²) in [7, 11) is 2.32. The van der Waals surface area contributed by atoms with Gasteiger partial charge in [-0.2, -0.15) is 26.3 Å². The van der Waals surface area contributed by atoms with Crippen molar-refractivity contribution in [3.05, 3.63) is 119 Å². The van der Waals surface area contributed by atoms with E-state index in [-0.39, 0.29) is 75.8 Å². The smallest absolute Gasteiger partial charge is 0.407 e. The molecule has 2 fully saturated rings. The van der Waals surface area contributed by atoms with Crippen LogP contribution >= 0.6 is 0 Å². The lowest BCUT2D eigenvalue weighted by Crippen LogP contribution is -2.48. The van der Waals surface area contributed by atoms with E-state index >= 15 is 0 Å². The van der Waals surface area contributed by atoms with Gasteiger partial charge >= 0.3 is 24.5 Å². The average Bonchev–Trinajstić information content (AvgIpc) is 4.13. The second kappa shape index (κ2) is 23.2. The fraction of sp³-hybridized carbons (Fsp3) is 0.434. The summed E-state index contributed by atoms with van der Waals surface area (Å²) in [5.41, 5.74) is 2.66. The van der Waals surface area contributed by atoms with Crippen LogP contribution < -0.4 is 21.3 Å². The van der Waals surface area contributed by atoms with Gasteiger partial charge in [0.2, 0.25) is 11.8 Å². The van der Waals surface area contributed by atoms with Crippen LogP contribution in [-0.4, -0.2) is 97.4 Å². The Morgan fingerprint density at radius 3 is 1.32 bits per heavy atom. The van der Waals surface area contributed by atoms with Crippen LogP contribution in [0, 0.1) is 0 Å². The molecular formula is C53H58F6N6O8. The van der Waals surface area contributed by atoms with E-state index in [9.17, 15) is 55.1 Å². The van der Waals surface area contributed by atoms with Crippen LogP contribution in [0.15, 0.2) is 97.1 Å². The number of rotatable bonds is 18. The molecule has 0 spiro atoms. The summed E-state index contributed by atoms with van der Waals surface area (Å²) < 4.78 is 91.0. The highest BCUT2D eigenvalue weighted by molar-refractivity contribution is 6.01. The predicted molar refractivity (Wildman–Crippen MR) is 258 cm³/mol. The number of hydrogen-bond donors (Lipinski definition) is 4. The van der Waals surface area contributed by atoms with E-state index in [0.29, 0.717) is 46.2 Å². The molecule has 73 heavy (non-hydrogen) atoms. The number of methoxy groups -OCH3 is 2. The number of hydrogen-bond acceptors (Lipinski definition) is 8. The minimum Gasteiger partial charge on any atom is -0.453 e. The maximum Gasteiger partial charge on any atom is 0.407 e. The molecule has 4 aromatic carbocycles. The van der Waals surface area contributed by atoms with Crippen molar-refractivity contribution in [2.45, 2.75) is 119 Å². The van der Waals surface area contributed by atoms with Crippen molar-refractivity contribution in [3.63, 3.8) is 0 Å². The maximum atomic E-state index is 14.2. The first kappa shape index (κ1) is 53.7. The lowest BCUT2D eigenvalue weighted by atomic mass is 9.70. The Labute approximate surface area is 418 Å². The number of fused-ring (bicyclic) bond motifs is 3. The van der Waals surface area contributed by atoms with E-state index in [1.807, 2.05) is 0 Å². The molecule has 4 unspecified atom stereocenters. The van der Waals surface area contributed by atoms with Gasteiger partial charge in [-0.15, -0.1) is 0 Å². The zero-order valence-electron chi connectivity index (χ0n) is 40.4. The van der Waals surface area contributed by atoms with Gasteiger partial charge in [-0.05, 0) is 109 Å². The van der Waals surface area contributed by atoms with Gasteiger partial charge < -0.3 is 40.5 Å². The molecule has 4 aromatic rings. The first-order valence-electron chi connectivity index (χ1n) is 24.3. The summed E-state index contributed by atoms with van der Waals surface area (Å²) in [5.74, 6) is -2.18. The lowest BCUT2D eigenvalue weighted by molar-refractivity contribution is -0.138. The molecule has 0 radical (unpaired) electrons. The first-order chi connectivity index (χ1) is 34.8. The molecule has 1 aliphatic carbocycles. The minimum atomic E-state index is -4.46. The van der Waals surface area contributed by atoms with Crippen molar-refractivity contribution < 1.29 is 64.6 Å². The third kappa shape index (κ3) is 12.9. The molecule has 0 saturated carbocycles. The zero-order chi connectivity index (χ0) is 52.5. The van der Waals surface area contributed by atoms with Crippen LogP contribution in [-0.2, 0) is 34.1 Å². The standard InChI is InChI=1S/C53H58F6N6O8/c1-72-49(70)62-43(33-15-5-3-6-16-33)47(68)64-29-13-19-41(64)45(66)60-35-21-23-37-38-24-22-36(32-40(38)51(39(37)31-35,25-9-11-27-52(54,55)56)26-10-12-28-53(57,58)59)61-46(67)42-20-14-30-65(42)48(69)44(63-50(71)73-2)34-17-7-4-8-18-34/h3-8,15-18,21-24,31-32,41-44H,9-14,19-20,25-30H2,1-2H3,(H,60,66)(H,61,67)(H,62,70)(H,63,71). The SMILES string of the molecule is COC(=O)NC(C(=O)N1CCCC1C(=O)Nc1ccc2c(c1)C(CCCCC(F)(F)F)(CCCCC(F)(F)F)c1cc(NC(=O)C3CCCN3C(=O)C(NC(=O)OC)c3ccccc3)ccc1-2)c1ccccc1. The predicted octanol–water partition coefficient (Wildman–Crippen LogP) is 10.3. The van der Waals surface area contributed by atoms with E-state index < -0.39 is 90.6 Å². The number of carbonyl (C=O) groups excluding carboxylic acids is 6. The van der Waals surface area contributed by atoms with Crippen molar-refractivity contribution in [1.82, 2.24) is 20.4 Å². The van der Waals surface area contributed by atoms with Crippen molar-refractivity contribution in [3.8, 4) is 11.1 Å². The topological polar surface area (TPSA) is 175 Å². The Morgan fingerprint density at radius 2 is 0.959 bits per heavy atom. The molecule has 2 saturated heterocycles. The van der Waals surface area contributed by atoms with E-state index in [1.54, 1.807) is 97.1 Å². The Balaban J connectivity index is 1.20. The fourth-order valence-corrected chi connectivity index (χ4v) is 10.4. The number of halogens is 6. The van der Waals surface area contributed by atoms with Gasteiger partial charge in [-0.25, -0.2) is 9.59 Å². The molecule has 7 rings (SSSR count). The number of nitrogens with one attached hydrogen (secondary N) is 4. The molecule has 3 aliphatic rings. The van der Waals surface area contributed by atoms with Gasteiger partial charge in [0.15, 0.2) is 0 Å². The zero-order valence-corrected chi connectivity index (χ0v) is 40.4. The van der Waals surface area contributed by atoms with Gasteiger partial charge in [0.1, 0.15) is 24.2 Å². The number of unbranched alkanes of at least 4 members (excludes halogenated alkanes) is 2. The molecule has 0 bridgehead atoms. The van der Waals surface area contributed by atoms with Crippen LogP contribution in [0.1, 0.15) is 111 Å². The van der Waals surface area contributed by atoms with Gasteiger partial charge in [0.25, 0.3) is 11.8 Å². The maximum absolute atomic E-state index is 14.2. The number of likely N-dealkylation sites (tertiary alicyclic amines) is 2. The number of carbonyl (C=O) groups is 6. The van der Waals surface area contributed by atoms with Gasteiger partial charge in [-0.3, -0.25) is 19.2 Å². The Kier molecular flexibility index (Phi) is 17.0. The fourth-order valence-electron chi connectivity index (χ4n) is 10.4. The van der Waals surface area contributed by atoms with Crippen LogP contribution in [0.2, 0.25) is 0 Å². The van der Waals surface area contributed by atoms with Crippen molar-refractivity contribution in [1.29, 1.82) is 0 Å². The summed E-state index contributed by atoms with van der Waals surface area (Å²) in [5, 5.41) is 11.0. The van der Waals surface area contributed by atoms with Crippen LogP contribution in [0.4, 0.5) is 47.3 Å². The number of ether oxygens (including phenoxy) is 2. The molecule has 20 heteroatoms. The third-order valence-corrected chi connectivity index (χ3v) is 13.9. The normalized spacial score (nSPS) is 17.7. The monoisotopic (exact) mass is 1020 g/mol. The second-order valence-corrected chi connectivity index (χ2v) is 18.6. The highest BCUT2D eigenvalue weighted by Gasteiger charge is 2.45. The van der Waals surface area contributed by atoms with E-state index in [2.05, 4.69) is 21.3 Å².